The largest absolute Gasteiger partial charge is 0.472 e. The van der Waals surface area contributed by atoms with E-state index in [2.05, 4.69) is 31.3 Å². The second-order valence-corrected chi connectivity index (χ2v) is 12.8. The SMILES string of the molecule is CCCC/C=C\CCCCCCCC(=O)NC(COP(=O)(O)OCCN)C(O)CCCCCCCCCCCCC. The summed E-state index contributed by atoms with van der Waals surface area (Å²) in [5.41, 5.74) is 5.34. The number of unbranched alkanes of at least 4 members (excludes halogenated alkanes) is 17. The predicted octanol–water partition coefficient (Wildman–Crippen LogP) is 8.10. The van der Waals surface area contributed by atoms with Gasteiger partial charge in [0.05, 0.1) is 25.4 Å². The Morgan fingerprint density at radius 3 is 1.88 bits per heavy atom. The van der Waals surface area contributed by atoms with E-state index in [1.165, 1.54) is 77.0 Å². The van der Waals surface area contributed by atoms with E-state index >= 15 is 0 Å². The molecule has 0 aliphatic rings. The smallest absolute Gasteiger partial charge is 0.391 e. The lowest BCUT2D eigenvalue weighted by Gasteiger charge is -2.25. The van der Waals surface area contributed by atoms with E-state index in [-0.39, 0.29) is 25.7 Å². The van der Waals surface area contributed by atoms with Gasteiger partial charge in [0.2, 0.25) is 5.91 Å². The molecule has 0 spiro atoms. The number of rotatable bonds is 31. The van der Waals surface area contributed by atoms with Crippen LogP contribution in [0.4, 0.5) is 0 Å². The van der Waals surface area contributed by atoms with Crippen LogP contribution in [0.3, 0.4) is 0 Å². The molecule has 1 amide bonds. The van der Waals surface area contributed by atoms with Gasteiger partial charge >= 0.3 is 7.82 Å². The number of hydrogen-bond donors (Lipinski definition) is 4. The Hall–Kier alpha value is -0.760. The van der Waals surface area contributed by atoms with Crippen molar-refractivity contribution < 1.29 is 28.4 Å². The van der Waals surface area contributed by atoms with Gasteiger partial charge in [0.25, 0.3) is 0 Å². The van der Waals surface area contributed by atoms with E-state index < -0.39 is 20.0 Å². The number of nitrogens with two attached hydrogens (primary N) is 1. The van der Waals surface area contributed by atoms with E-state index in [1.54, 1.807) is 0 Å². The molecule has 3 atom stereocenters. The molecule has 0 aromatic carbocycles. The third-order valence-electron chi connectivity index (χ3n) is 7.37. The third-order valence-corrected chi connectivity index (χ3v) is 8.35. The number of aliphatic hydroxyl groups is 1. The Morgan fingerprint density at radius 1 is 0.780 bits per heavy atom. The lowest BCUT2D eigenvalue weighted by molar-refractivity contribution is -0.123. The minimum atomic E-state index is -4.30. The number of phosphoric ester groups is 1. The summed E-state index contributed by atoms with van der Waals surface area (Å²) in [5, 5.41) is 13.6. The molecule has 244 valence electrons. The summed E-state index contributed by atoms with van der Waals surface area (Å²) in [6, 6.07) is -0.771. The molecule has 0 aliphatic heterocycles. The minimum Gasteiger partial charge on any atom is -0.391 e. The molecule has 0 bridgehead atoms. The van der Waals surface area contributed by atoms with Crippen molar-refractivity contribution in [3.05, 3.63) is 12.2 Å². The molecule has 5 N–H and O–H groups in total. The number of carbonyl (C=O) groups excluding carboxylic acids is 1. The monoisotopic (exact) mass is 604 g/mol. The fourth-order valence-electron chi connectivity index (χ4n) is 4.76. The maximum Gasteiger partial charge on any atom is 0.472 e. The molecule has 0 aromatic rings. The van der Waals surface area contributed by atoms with E-state index in [0.717, 1.165) is 51.4 Å². The molecule has 9 heteroatoms. The maximum atomic E-state index is 12.6. The van der Waals surface area contributed by atoms with Crippen molar-refractivity contribution >= 4 is 13.7 Å². The van der Waals surface area contributed by atoms with Gasteiger partial charge in [0.1, 0.15) is 0 Å². The molecular weight excluding hydrogens is 539 g/mol. The molecule has 0 aromatic heterocycles. The van der Waals surface area contributed by atoms with Crippen molar-refractivity contribution in [1.29, 1.82) is 0 Å². The fraction of sp³-hybridized carbons (Fsp3) is 0.906. The molecule has 0 aliphatic carbocycles. The van der Waals surface area contributed by atoms with E-state index in [4.69, 9.17) is 14.8 Å². The average molecular weight is 605 g/mol. The zero-order chi connectivity index (χ0) is 30.4. The van der Waals surface area contributed by atoms with Gasteiger partial charge in [-0.2, -0.15) is 0 Å². The number of aliphatic hydroxyl groups excluding tert-OH is 1. The van der Waals surface area contributed by atoms with Gasteiger partial charge in [-0.05, 0) is 32.1 Å². The van der Waals surface area contributed by atoms with Crippen LogP contribution in [0.1, 0.15) is 155 Å². The van der Waals surface area contributed by atoms with Crippen LogP contribution >= 0.6 is 7.82 Å². The van der Waals surface area contributed by atoms with Crippen molar-refractivity contribution in [3.63, 3.8) is 0 Å². The molecule has 0 radical (unpaired) electrons. The number of amides is 1. The van der Waals surface area contributed by atoms with Crippen molar-refractivity contribution in [1.82, 2.24) is 5.32 Å². The van der Waals surface area contributed by atoms with Gasteiger partial charge in [0, 0.05) is 13.0 Å². The number of carbonyl (C=O) groups is 1. The highest BCUT2D eigenvalue weighted by molar-refractivity contribution is 7.47. The summed E-state index contributed by atoms with van der Waals surface area (Å²) in [4.78, 5) is 22.5. The summed E-state index contributed by atoms with van der Waals surface area (Å²) < 4.78 is 22.0. The second kappa shape index (κ2) is 29.3. The van der Waals surface area contributed by atoms with Gasteiger partial charge < -0.3 is 21.1 Å². The summed E-state index contributed by atoms with van der Waals surface area (Å²) in [7, 11) is -4.30. The summed E-state index contributed by atoms with van der Waals surface area (Å²) in [5.74, 6) is -0.175. The standard InChI is InChI=1S/C32H65N2O6P/c1-3-5-7-9-11-13-15-17-19-21-23-25-31(35)30(29-40-41(37,38)39-28-27-33)34-32(36)26-24-22-20-18-16-14-12-10-8-6-4-2/h10,12,30-31,35H,3-9,11,13-29,33H2,1-2H3,(H,34,36)(H,37,38)/b12-10-. The second-order valence-electron chi connectivity index (χ2n) is 11.4. The first kappa shape index (κ1) is 40.2. The topological polar surface area (TPSA) is 131 Å². The Balaban J connectivity index is 4.34. The first-order valence-corrected chi connectivity index (χ1v) is 18.3. The lowest BCUT2D eigenvalue weighted by Crippen LogP contribution is -2.46. The Bertz CT molecular complexity index is 664. The fourth-order valence-corrected chi connectivity index (χ4v) is 5.52. The molecule has 0 fully saturated rings. The van der Waals surface area contributed by atoms with E-state index in [0.29, 0.717) is 12.8 Å². The van der Waals surface area contributed by atoms with Crippen LogP contribution < -0.4 is 11.1 Å². The van der Waals surface area contributed by atoms with Crippen LogP contribution in [-0.2, 0) is 18.4 Å². The summed E-state index contributed by atoms with van der Waals surface area (Å²) in [6.07, 6.45) is 27.8. The number of nitrogens with one attached hydrogen (secondary N) is 1. The molecule has 3 unspecified atom stereocenters. The Labute approximate surface area is 252 Å². The van der Waals surface area contributed by atoms with Gasteiger partial charge in [-0.1, -0.05) is 129 Å². The molecule has 0 rings (SSSR count). The number of phosphoric acid groups is 1. The zero-order valence-corrected chi connectivity index (χ0v) is 27.4. The van der Waals surface area contributed by atoms with Crippen LogP contribution in [0, 0.1) is 0 Å². The summed E-state index contributed by atoms with van der Waals surface area (Å²) in [6.45, 7) is 4.13. The molecule has 0 heterocycles. The molecule has 8 nitrogen and oxygen atoms in total. The van der Waals surface area contributed by atoms with Crippen LogP contribution in [0.5, 0.6) is 0 Å². The predicted molar refractivity (Wildman–Crippen MR) is 171 cm³/mol. The first-order valence-electron chi connectivity index (χ1n) is 16.8. The van der Waals surface area contributed by atoms with Crippen LogP contribution in [-0.4, -0.2) is 47.8 Å². The molecule has 0 saturated carbocycles. The van der Waals surface area contributed by atoms with E-state index in [9.17, 15) is 19.4 Å². The van der Waals surface area contributed by atoms with Gasteiger partial charge in [-0.3, -0.25) is 13.8 Å². The Morgan fingerprint density at radius 2 is 1.29 bits per heavy atom. The number of hydrogen-bond acceptors (Lipinski definition) is 6. The maximum absolute atomic E-state index is 12.6. The lowest BCUT2D eigenvalue weighted by atomic mass is 10.0. The van der Waals surface area contributed by atoms with Crippen LogP contribution in [0.2, 0.25) is 0 Å². The van der Waals surface area contributed by atoms with Gasteiger partial charge in [-0.25, -0.2) is 4.57 Å². The molecule has 0 saturated heterocycles. The zero-order valence-electron chi connectivity index (χ0n) is 26.5. The number of allylic oxidation sites excluding steroid dienone is 2. The van der Waals surface area contributed by atoms with Crippen molar-refractivity contribution in [2.45, 2.75) is 167 Å². The van der Waals surface area contributed by atoms with Crippen LogP contribution in [0.15, 0.2) is 12.2 Å². The van der Waals surface area contributed by atoms with Crippen molar-refractivity contribution in [3.8, 4) is 0 Å². The highest BCUT2D eigenvalue weighted by Crippen LogP contribution is 2.43. The van der Waals surface area contributed by atoms with Crippen molar-refractivity contribution in [2.24, 2.45) is 5.73 Å². The highest BCUT2D eigenvalue weighted by Gasteiger charge is 2.27. The molecule has 41 heavy (non-hydrogen) atoms. The average Bonchev–Trinajstić information content (AvgIpc) is 2.95. The van der Waals surface area contributed by atoms with Crippen LogP contribution in [0.25, 0.3) is 0 Å². The Kier molecular flexibility index (Phi) is 28.8. The first-order chi connectivity index (χ1) is 19.9. The normalized spacial score (nSPS) is 14.8. The van der Waals surface area contributed by atoms with Crippen molar-refractivity contribution in [2.75, 3.05) is 19.8 Å². The summed E-state index contributed by atoms with van der Waals surface area (Å²) >= 11 is 0. The highest BCUT2D eigenvalue weighted by atomic mass is 31.2. The van der Waals surface area contributed by atoms with Gasteiger partial charge in [-0.15, -0.1) is 0 Å². The van der Waals surface area contributed by atoms with Gasteiger partial charge in [0.15, 0.2) is 0 Å². The molecular formula is C32H65N2O6P. The third kappa shape index (κ3) is 27.8. The van der Waals surface area contributed by atoms with E-state index in [1.807, 2.05) is 0 Å². The quantitative estimate of drug-likeness (QED) is 0.0357. The minimum absolute atomic E-state index is 0.0885.